The van der Waals surface area contributed by atoms with Gasteiger partial charge in [0.05, 0.1) is 12.6 Å². The van der Waals surface area contributed by atoms with E-state index >= 15 is 0 Å². The van der Waals surface area contributed by atoms with Crippen LogP contribution in [0.15, 0.2) is 42.5 Å². The normalized spacial score (nSPS) is 22.1. The maximum absolute atomic E-state index is 13.5. The van der Waals surface area contributed by atoms with Gasteiger partial charge in [-0.15, -0.1) is 0 Å². The highest BCUT2D eigenvalue weighted by Gasteiger charge is 2.60. The Hall–Kier alpha value is -2.33. The monoisotopic (exact) mass is 411 g/mol. The van der Waals surface area contributed by atoms with E-state index in [9.17, 15) is 9.59 Å². The number of carbonyl (C=O) groups is 2. The van der Waals surface area contributed by atoms with Gasteiger partial charge in [0.25, 0.3) is 5.91 Å². The van der Waals surface area contributed by atoms with E-state index in [1.54, 1.807) is 0 Å². The predicted molar refractivity (Wildman–Crippen MR) is 113 cm³/mol. The molecule has 0 N–H and O–H groups in total. The van der Waals surface area contributed by atoms with Gasteiger partial charge >= 0.3 is 5.97 Å². The Morgan fingerprint density at radius 2 is 2.00 bits per heavy atom. The van der Waals surface area contributed by atoms with Crippen molar-refractivity contribution in [1.82, 2.24) is 4.90 Å². The molecular weight excluding hydrogens is 386 g/mol. The Morgan fingerprint density at radius 3 is 2.76 bits per heavy atom. The number of hydrogen-bond acceptors (Lipinski definition) is 3. The lowest BCUT2D eigenvalue weighted by Gasteiger charge is -2.45. The first kappa shape index (κ1) is 20.0. The summed E-state index contributed by atoms with van der Waals surface area (Å²) in [6.45, 7) is 4.88. The number of hydrogen-bond donors (Lipinski definition) is 0. The zero-order valence-corrected chi connectivity index (χ0v) is 17.7. The van der Waals surface area contributed by atoms with E-state index in [-0.39, 0.29) is 17.9 Å². The Balaban J connectivity index is 1.94. The van der Waals surface area contributed by atoms with Crippen molar-refractivity contribution in [3.8, 4) is 0 Å². The van der Waals surface area contributed by atoms with E-state index in [1.807, 2.05) is 54.3 Å². The number of unbranched alkanes of at least 4 members (excludes halogenated alkanes) is 2. The van der Waals surface area contributed by atoms with Crippen molar-refractivity contribution in [1.29, 1.82) is 0 Å². The zero-order valence-electron chi connectivity index (χ0n) is 16.9. The minimum Gasteiger partial charge on any atom is -0.465 e. The molecule has 0 fully saturated rings. The molecule has 0 saturated heterocycles. The highest BCUT2D eigenvalue weighted by Crippen LogP contribution is 2.55. The Bertz CT molecular complexity index is 957. The smallest absolute Gasteiger partial charge is 0.319 e. The van der Waals surface area contributed by atoms with Crippen LogP contribution in [0.2, 0.25) is 5.02 Å². The quantitative estimate of drug-likeness (QED) is 0.491. The highest BCUT2D eigenvalue weighted by atomic mass is 35.5. The molecule has 1 aliphatic heterocycles. The van der Waals surface area contributed by atoms with Crippen LogP contribution in [-0.4, -0.2) is 29.9 Å². The van der Waals surface area contributed by atoms with E-state index in [2.05, 4.69) is 6.92 Å². The number of benzene rings is 2. The Kier molecular flexibility index (Phi) is 5.39. The third-order valence-corrected chi connectivity index (χ3v) is 6.42. The molecule has 4 rings (SSSR count). The molecular formula is C24H26ClNO3. The molecule has 152 valence electrons. The second-order valence-electron chi connectivity index (χ2n) is 7.87. The lowest BCUT2D eigenvalue weighted by Crippen LogP contribution is -2.55. The molecule has 4 nitrogen and oxygen atoms in total. The Labute approximate surface area is 176 Å². The van der Waals surface area contributed by atoms with Crippen molar-refractivity contribution < 1.29 is 14.3 Å². The number of nitrogens with zero attached hydrogens (tertiary/aromatic N) is 1. The van der Waals surface area contributed by atoms with Gasteiger partial charge in [0, 0.05) is 17.1 Å². The highest BCUT2D eigenvalue weighted by molar-refractivity contribution is 6.30. The molecule has 29 heavy (non-hydrogen) atoms. The average Bonchev–Trinajstić information content (AvgIpc) is 3.06. The average molecular weight is 412 g/mol. The SMILES string of the molecule is CCCCCN1C(=O)c2ccccc2[C@@]2(C(=O)OCC)Cc3cc(Cl)ccc3[C@@H]12. The van der Waals surface area contributed by atoms with Crippen LogP contribution in [0.4, 0.5) is 0 Å². The van der Waals surface area contributed by atoms with Gasteiger partial charge in [-0.2, -0.15) is 0 Å². The van der Waals surface area contributed by atoms with Gasteiger partial charge in [-0.1, -0.05) is 55.6 Å². The molecule has 0 aromatic heterocycles. The van der Waals surface area contributed by atoms with Crippen molar-refractivity contribution in [3.63, 3.8) is 0 Å². The molecule has 0 saturated carbocycles. The van der Waals surface area contributed by atoms with Crippen LogP contribution < -0.4 is 0 Å². The summed E-state index contributed by atoms with van der Waals surface area (Å²) in [5.41, 5.74) is 2.46. The summed E-state index contributed by atoms with van der Waals surface area (Å²) < 4.78 is 5.60. The molecule has 0 radical (unpaired) electrons. The molecule has 0 bridgehead atoms. The van der Waals surface area contributed by atoms with E-state index in [1.165, 1.54) is 0 Å². The predicted octanol–water partition coefficient (Wildman–Crippen LogP) is 5.08. The molecule has 1 aliphatic carbocycles. The molecule has 0 unspecified atom stereocenters. The molecule has 0 spiro atoms. The molecule has 2 aromatic rings. The van der Waals surface area contributed by atoms with Crippen LogP contribution in [-0.2, 0) is 21.4 Å². The van der Waals surface area contributed by atoms with E-state index < -0.39 is 5.41 Å². The van der Waals surface area contributed by atoms with Gasteiger partial charge in [0.2, 0.25) is 0 Å². The zero-order chi connectivity index (χ0) is 20.6. The third kappa shape index (κ3) is 3.05. The first-order valence-electron chi connectivity index (χ1n) is 10.4. The molecule has 2 aliphatic rings. The minimum absolute atomic E-state index is 0.00979. The van der Waals surface area contributed by atoms with Gasteiger partial charge in [-0.25, -0.2) is 0 Å². The van der Waals surface area contributed by atoms with Gasteiger partial charge in [-0.05, 0) is 54.7 Å². The molecule has 2 atom stereocenters. The van der Waals surface area contributed by atoms with Crippen molar-refractivity contribution >= 4 is 23.5 Å². The fraction of sp³-hybridized carbons (Fsp3) is 0.417. The summed E-state index contributed by atoms with van der Waals surface area (Å²) in [6, 6.07) is 12.9. The lowest BCUT2D eigenvalue weighted by molar-refractivity contribution is -0.153. The minimum atomic E-state index is -0.931. The number of rotatable bonds is 6. The first-order valence-corrected chi connectivity index (χ1v) is 10.8. The Morgan fingerprint density at radius 1 is 1.21 bits per heavy atom. The maximum atomic E-state index is 13.5. The van der Waals surface area contributed by atoms with Gasteiger partial charge in [-0.3, -0.25) is 9.59 Å². The molecule has 1 heterocycles. The van der Waals surface area contributed by atoms with Crippen LogP contribution in [0.5, 0.6) is 0 Å². The van der Waals surface area contributed by atoms with Gasteiger partial charge in [0.1, 0.15) is 5.41 Å². The van der Waals surface area contributed by atoms with E-state index in [0.29, 0.717) is 30.2 Å². The van der Waals surface area contributed by atoms with E-state index in [0.717, 1.165) is 36.0 Å². The van der Waals surface area contributed by atoms with Crippen molar-refractivity contribution in [2.24, 2.45) is 0 Å². The van der Waals surface area contributed by atoms with Crippen LogP contribution in [0.25, 0.3) is 0 Å². The fourth-order valence-electron chi connectivity index (χ4n) is 4.98. The summed E-state index contributed by atoms with van der Waals surface area (Å²) in [5.74, 6) is -0.276. The summed E-state index contributed by atoms with van der Waals surface area (Å²) in [5, 5.41) is 0.638. The largest absolute Gasteiger partial charge is 0.465 e. The number of halogens is 1. The summed E-state index contributed by atoms with van der Waals surface area (Å²) >= 11 is 6.28. The van der Waals surface area contributed by atoms with Gasteiger partial charge < -0.3 is 9.64 Å². The lowest BCUT2D eigenvalue weighted by atomic mass is 9.69. The van der Waals surface area contributed by atoms with E-state index in [4.69, 9.17) is 16.3 Å². The molecule has 1 amide bonds. The van der Waals surface area contributed by atoms with Gasteiger partial charge in [0.15, 0.2) is 0 Å². The van der Waals surface area contributed by atoms with Crippen LogP contribution >= 0.6 is 11.6 Å². The third-order valence-electron chi connectivity index (χ3n) is 6.19. The number of ether oxygens (including phenoxy) is 1. The first-order chi connectivity index (χ1) is 14.0. The summed E-state index contributed by atoms with van der Waals surface area (Å²) in [7, 11) is 0. The molecule has 5 heteroatoms. The van der Waals surface area contributed by atoms with Crippen LogP contribution in [0, 0.1) is 0 Å². The van der Waals surface area contributed by atoms with Crippen LogP contribution in [0.1, 0.15) is 66.2 Å². The second-order valence-corrected chi connectivity index (χ2v) is 8.30. The number of amides is 1. The second kappa shape index (κ2) is 7.83. The topological polar surface area (TPSA) is 46.6 Å². The van der Waals surface area contributed by atoms with Crippen LogP contribution in [0.3, 0.4) is 0 Å². The maximum Gasteiger partial charge on any atom is 0.319 e. The number of carbonyl (C=O) groups excluding carboxylic acids is 2. The summed E-state index contributed by atoms with van der Waals surface area (Å²) in [4.78, 5) is 28.9. The number of fused-ring (bicyclic) bond motifs is 5. The van der Waals surface area contributed by atoms with Crippen molar-refractivity contribution in [2.75, 3.05) is 13.2 Å². The summed E-state index contributed by atoms with van der Waals surface area (Å²) in [6.07, 6.45) is 3.50. The fourth-order valence-corrected chi connectivity index (χ4v) is 5.17. The standard InChI is InChI=1S/C24H26ClNO3/c1-3-5-8-13-26-21-18-12-11-17(25)14-16(18)15-24(21,23(28)29-4-2)20-10-7-6-9-19(20)22(26)27/h6-7,9-12,14,21H,3-5,8,13,15H2,1-2H3/t21-,24+/m1/s1. The van der Waals surface area contributed by atoms with Crippen molar-refractivity contribution in [3.05, 3.63) is 69.7 Å². The van der Waals surface area contributed by atoms with Crippen molar-refractivity contribution in [2.45, 2.75) is 51.0 Å². The number of esters is 1. The molecule has 2 aromatic carbocycles.